The third-order valence-electron chi connectivity index (χ3n) is 4.56. The zero-order valence-corrected chi connectivity index (χ0v) is 11.3. The number of carbonyl (C=O) groups excluding carboxylic acids is 1. The summed E-state index contributed by atoms with van der Waals surface area (Å²) in [4.78, 5) is 14.6. The molecule has 4 heteroatoms. The number of aliphatic hydroxyl groups excluding tert-OH is 1. The van der Waals surface area contributed by atoms with Crippen LogP contribution in [0.25, 0.3) is 0 Å². The summed E-state index contributed by atoms with van der Waals surface area (Å²) in [5, 5.41) is 9.44. The van der Waals surface area contributed by atoms with E-state index in [0.29, 0.717) is 6.04 Å². The second kappa shape index (κ2) is 5.37. The molecule has 1 saturated carbocycles. The zero-order chi connectivity index (χ0) is 13.2. The SMILES string of the molecule is O=C(c1cccn1C1CCC1)N1CCCCC1CO. The Bertz CT molecular complexity index is 451. The fraction of sp³-hybridized carbons (Fsp3) is 0.667. The summed E-state index contributed by atoms with van der Waals surface area (Å²) in [6.07, 6.45) is 8.72. The van der Waals surface area contributed by atoms with Crippen LogP contribution in [0.15, 0.2) is 18.3 Å². The fourth-order valence-electron chi connectivity index (χ4n) is 3.16. The van der Waals surface area contributed by atoms with Gasteiger partial charge in [-0.2, -0.15) is 0 Å². The molecule has 1 aromatic rings. The van der Waals surface area contributed by atoms with Gasteiger partial charge in [0.25, 0.3) is 5.91 Å². The first kappa shape index (κ1) is 12.7. The van der Waals surface area contributed by atoms with Gasteiger partial charge in [-0.1, -0.05) is 0 Å². The summed E-state index contributed by atoms with van der Waals surface area (Å²) in [6.45, 7) is 0.857. The maximum atomic E-state index is 12.7. The number of hydrogen-bond donors (Lipinski definition) is 1. The van der Waals surface area contributed by atoms with Gasteiger partial charge in [-0.25, -0.2) is 0 Å². The molecule has 1 aromatic heterocycles. The van der Waals surface area contributed by atoms with Gasteiger partial charge in [-0.3, -0.25) is 4.79 Å². The highest BCUT2D eigenvalue weighted by atomic mass is 16.3. The lowest BCUT2D eigenvalue weighted by Crippen LogP contribution is -2.46. The van der Waals surface area contributed by atoms with E-state index in [1.165, 1.54) is 19.3 Å². The average Bonchev–Trinajstić information content (AvgIpc) is 2.85. The molecule has 1 N–H and O–H groups in total. The molecule has 104 valence electrons. The first-order valence-electron chi connectivity index (χ1n) is 7.40. The van der Waals surface area contributed by atoms with E-state index in [9.17, 15) is 9.90 Å². The predicted octanol–water partition coefficient (Wildman–Crippen LogP) is 2.20. The summed E-state index contributed by atoms with van der Waals surface area (Å²) in [5.41, 5.74) is 0.796. The van der Waals surface area contributed by atoms with Gasteiger partial charge in [-0.15, -0.1) is 0 Å². The minimum absolute atomic E-state index is 0.00555. The Morgan fingerprint density at radius 1 is 1.26 bits per heavy atom. The molecule has 1 amide bonds. The number of piperidine rings is 1. The van der Waals surface area contributed by atoms with Crippen LogP contribution in [0, 0.1) is 0 Å². The molecule has 0 spiro atoms. The van der Waals surface area contributed by atoms with Crippen molar-refractivity contribution in [2.24, 2.45) is 0 Å². The number of carbonyl (C=O) groups is 1. The van der Waals surface area contributed by atoms with Gasteiger partial charge >= 0.3 is 0 Å². The molecule has 1 aliphatic carbocycles. The van der Waals surface area contributed by atoms with E-state index in [1.54, 1.807) is 0 Å². The minimum atomic E-state index is 0.00555. The molecule has 1 saturated heterocycles. The second-order valence-corrected chi connectivity index (χ2v) is 5.72. The van der Waals surface area contributed by atoms with Crippen LogP contribution in [-0.2, 0) is 0 Å². The predicted molar refractivity (Wildman–Crippen MR) is 73.1 cm³/mol. The van der Waals surface area contributed by atoms with E-state index in [-0.39, 0.29) is 18.6 Å². The standard InChI is InChI=1S/C15H22N2O2/c18-11-13-5-1-2-9-17(13)15(19)14-8-4-10-16(14)12-6-3-7-12/h4,8,10,12-13,18H,1-3,5-7,9,11H2. The largest absolute Gasteiger partial charge is 0.394 e. The number of amides is 1. The molecule has 0 bridgehead atoms. The van der Waals surface area contributed by atoms with Crippen molar-refractivity contribution >= 4 is 5.91 Å². The van der Waals surface area contributed by atoms with Crippen LogP contribution in [-0.4, -0.2) is 39.7 Å². The maximum Gasteiger partial charge on any atom is 0.270 e. The summed E-state index contributed by atoms with van der Waals surface area (Å²) in [6, 6.07) is 4.39. The molecule has 0 radical (unpaired) electrons. The van der Waals surface area contributed by atoms with Crippen LogP contribution in [0.4, 0.5) is 0 Å². The van der Waals surface area contributed by atoms with Crippen LogP contribution < -0.4 is 0 Å². The number of likely N-dealkylation sites (tertiary alicyclic amines) is 1. The Morgan fingerprint density at radius 3 is 2.79 bits per heavy atom. The number of hydrogen-bond acceptors (Lipinski definition) is 2. The Labute approximate surface area is 114 Å². The molecular weight excluding hydrogens is 240 g/mol. The highest BCUT2D eigenvalue weighted by Crippen LogP contribution is 2.33. The van der Waals surface area contributed by atoms with Crippen LogP contribution >= 0.6 is 0 Å². The van der Waals surface area contributed by atoms with Gasteiger partial charge in [-0.05, 0) is 50.7 Å². The molecular formula is C15H22N2O2. The van der Waals surface area contributed by atoms with Gasteiger partial charge in [0.2, 0.25) is 0 Å². The lowest BCUT2D eigenvalue weighted by atomic mass is 9.92. The van der Waals surface area contributed by atoms with Crippen molar-refractivity contribution in [2.75, 3.05) is 13.2 Å². The first-order chi connectivity index (χ1) is 9.31. The summed E-state index contributed by atoms with van der Waals surface area (Å²) in [7, 11) is 0. The summed E-state index contributed by atoms with van der Waals surface area (Å²) >= 11 is 0. The van der Waals surface area contributed by atoms with Crippen LogP contribution in [0.5, 0.6) is 0 Å². The highest BCUT2D eigenvalue weighted by Gasteiger charge is 2.30. The Morgan fingerprint density at radius 2 is 2.11 bits per heavy atom. The Hall–Kier alpha value is -1.29. The summed E-state index contributed by atoms with van der Waals surface area (Å²) in [5.74, 6) is 0.0932. The molecule has 19 heavy (non-hydrogen) atoms. The molecule has 0 aromatic carbocycles. The minimum Gasteiger partial charge on any atom is -0.394 e. The van der Waals surface area contributed by atoms with Crippen molar-refractivity contribution in [1.82, 2.24) is 9.47 Å². The molecule has 1 atom stereocenters. The van der Waals surface area contributed by atoms with E-state index in [4.69, 9.17) is 0 Å². The van der Waals surface area contributed by atoms with Crippen LogP contribution in [0.3, 0.4) is 0 Å². The monoisotopic (exact) mass is 262 g/mol. The summed E-state index contributed by atoms with van der Waals surface area (Å²) < 4.78 is 2.13. The van der Waals surface area contributed by atoms with Crippen LogP contribution in [0.2, 0.25) is 0 Å². The second-order valence-electron chi connectivity index (χ2n) is 5.72. The van der Waals surface area contributed by atoms with E-state index >= 15 is 0 Å². The quantitative estimate of drug-likeness (QED) is 0.907. The van der Waals surface area contributed by atoms with Crippen molar-refractivity contribution in [2.45, 2.75) is 50.6 Å². The highest BCUT2D eigenvalue weighted by molar-refractivity contribution is 5.93. The first-order valence-corrected chi connectivity index (χ1v) is 7.40. The zero-order valence-electron chi connectivity index (χ0n) is 11.3. The van der Waals surface area contributed by atoms with Crippen molar-refractivity contribution in [3.63, 3.8) is 0 Å². The van der Waals surface area contributed by atoms with E-state index in [0.717, 1.165) is 31.5 Å². The lowest BCUT2D eigenvalue weighted by Gasteiger charge is -2.36. The van der Waals surface area contributed by atoms with E-state index in [1.807, 2.05) is 23.2 Å². The van der Waals surface area contributed by atoms with Crippen LogP contribution in [0.1, 0.15) is 55.1 Å². The molecule has 1 aliphatic heterocycles. The van der Waals surface area contributed by atoms with Crippen molar-refractivity contribution in [3.8, 4) is 0 Å². The number of aliphatic hydroxyl groups is 1. The Balaban J connectivity index is 1.80. The Kier molecular flexibility index (Phi) is 3.60. The average molecular weight is 262 g/mol. The molecule has 3 rings (SSSR count). The van der Waals surface area contributed by atoms with E-state index in [2.05, 4.69) is 4.57 Å². The topological polar surface area (TPSA) is 45.5 Å². The number of nitrogens with zero attached hydrogens (tertiary/aromatic N) is 2. The molecule has 4 nitrogen and oxygen atoms in total. The van der Waals surface area contributed by atoms with Gasteiger partial charge in [0.05, 0.1) is 12.6 Å². The molecule has 1 unspecified atom stereocenters. The van der Waals surface area contributed by atoms with Gasteiger partial charge < -0.3 is 14.6 Å². The van der Waals surface area contributed by atoms with Crippen molar-refractivity contribution in [3.05, 3.63) is 24.0 Å². The third kappa shape index (κ3) is 2.29. The normalized spacial score (nSPS) is 24.3. The van der Waals surface area contributed by atoms with Gasteiger partial charge in [0, 0.05) is 18.8 Å². The van der Waals surface area contributed by atoms with Crippen molar-refractivity contribution in [1.29, 1.82) is 0 Å². The van der Waals surface area contributed by atoms with Gasteiger partial charge in [0.1, 0.15) is 5.69 Å². The number of rotatable bonds is 3. The van der Waals surface area contributed by atoms with Gasteiger partial charge in [0.15, 0.2) is 0 Å². The van der Waals surface area contributed by atoms with Crippen molar-refractivity contribution < 1.29 is 9.90 Å². The third-order valence-corrected chi connectivity index (χ3v) is 4.56. The molecule has 2 heterocycles. The van der Waals surface area contributed by atoms with E-state index < -0.39 is 0 Å². The number of aromatic nitrogens is 1. The molecule has 2 aliphatic rings. The lowest BCUT2D eigenvalue weighted by molar-refractivity contribution is 0.0487. The molecule has 2 fully saturated rings. The fourth-order valence-corrected chi connectivity index (χ4v) is 3.16. The smallest absolute Gasteiger partial charge is 0.270 e. The maximum absolute atomic E-state index is 12.7.